The van der Waals surface area contributed by atoms with Crippen LogP contribution in [0.2, 0.25) is 5.28 Å². The van der Waals surface area contributed by atoms with E-state index in [9.17, 15) is 0 Å². The third-order valence-corrected chi connectivity index (χ3v) is 3.03. The number of hydrogen-bond acceptors (Lipinski definition) is 5. The van der Waals surface area contributed by atoms with E-state index in [0.29, 0.717) is 18.8 Å². The van der Waals surface area contributed by atoms with E-state index in [2.05, 4.69) is 14.9 Å². The first-order valence-corrected chi connectivity index (χ1v) is 5.87. The van der Waals surface area contributed by atoms with Crippen LogP contribution in [-0.2, 0) is 4.74 Å². The molecule has 1 aliphatic heterocycles. The Morgan fingerprint density at radius 2 is 2.06 bits per heavy atom. The van der Waals surface area contributed by atoms with Crippen LogP contribution in [0.4, 0.5) is 5.82 Å². The number of hydrogen-bond donors (Lipinski definition) is 0. The lowest BCUT2D eigenvalue weighted by atomic mass is 10.3. The predicted octanol–water partition coefficient (Wildman–Crippen LogP) is 2.02. The lowest BCUT2D eigenvalue weighted by Gasteiger charge is -2.27. The highest BCUT2D eigenvalue weighted by Gasteiger charge is 2.20. The summed E-state index contributed by atoms with van der Waals surface area (Å²) in [5.74, 6) is 0.761. The molecule has 0 aromatic carbocycles. The smallest absolute Gasteiger partial charge is 0.225 e. The van der Waals surface area contributed by atoms with Crippen molar-refractivity contribution in [2.75, 3.05) is 31.2 Å². The zero-order chi connectivity index (χ0) is 11.8. The lowest BCUT2D eigenvalue weighted by Crippen LogP contribution is -2.36. The lowest BCUT2D eigenvalue weighted by molar-refractivity contribution is 0.122. The number of ether oxygens (including phenoxy) is 1. The predicted molar refractivity (Wildman–Crippen MR) is 64.6 cm³/mol. The van der Waals surface area contributed by atoms with Crippen LogP contribution in [0.15, 0.2) is 10.7 Å². The van der Waals surface area contributed by atoms with Gasteiger partial charge in [0.25, 0.3) is 0 Å². The van der Waals surface area contributed by atoms with Crippen molar-refractivity contribution in [1.82, 2.24) is 9.97 Å². The zero-order valence-corrected chi connectivity index (χ0v) is 10.2. The Labute approximate surface area is 103 Å². The van der Waals surface area contributed by atoms with Crippen molar-refractivity contribution in [3.05, 3.63) is 17.1 Å². The summed E-state index contributed by atoms with van der Waals surface area (Å²) in [6.07, 6.45) is 1.68. The van der Waals surface area contributed by atoms with E-state index in [1.807, 2.05) is 6.92 Å². The van der Waals surface area contributed by atoms with E-state index < -0.39 is 0 Å². The van der Waals surface area contributed by atoms with Gasteiger partial charge >= 0.3 is 0 Å². The van der Waals surface area contributed by atoms with E-state index in [1.165, 1.54) is 0 Å². The normalized spacial score (nSPS) is 16.7. The Hall–Kier alpha value is -1.33. The van der Waals surface area contributed by atoms with Gasteiger partial charge in [0.15, 0.2) is 11.4 Å². The molecule has 0 unspecified atom stereocenters. The van der Waals surface area contributed by atoms with Crippen LogP contribution in [0.25, 0.3) is 11.1 Å². The van der Waals surface area contributed by atoms with Crippen molar-refractivity contribution in [2.45, 2.75) is 6.92 Å². The first-order chi connectivity index (χ1) is 8.25. The minimum Gasteiger partial charge on any atom is -0.458 e. The number of nitrogens with zero attached hydrogens (tertiary/aromatic N) is 3. The van der Waals surface area contributed by atoms with Crippen molar-refractivity contribution in [2.24, 2.45) is 0 Å². The molecule has 0 amide bonds. The Bertz CT molecular complexity index is 549. The van der Waals surface area contributed by atoms with Crippen molar-refractivity contribution in [3.8, 4) is 0 Å². The minimum absolute atomic E-state index is 0.253. The average molecular weight is 254 g/mol. The van der Waals surface area contributed by atoms with Crippen LogP contribution in [-0.4, -0.2) is 36.3 Å². The fourth-order valence-corrected chi connectivity index (χ4v) is 2.15. The van der Waals surface area contributed by atoms with E-state index in [0.717, 1.165) is 30.0 Å². The number of aryl methyl sites for hydroxylation is 1. The third kappa shape index (κ3) is 1.85. The van der Waals surface area contributed by atoms with Gasteiger partial charge in [0.1, 0.15) is 5.52 Å². The number of morpholine rings is 1. The van der Waals surface area contributed by atoms with Gasteiger partial charge in [-0.2, -0.15) is 4.98 Å². The molecule has 3 rings (SSSR count). The number of rotatable bonds is 1. The summed E-state index contributed by atoms with van der Waals surface area (Å²) in [4.78, 5) is 10.6. The third-order valence-electron chi connectivity index (χ3n) is 2.86. The molecular weight excluding hydrogens is 242 g/mol. The molecule has 0 aliphatic carbocycles. The Morgan fingerprint density at radius 1 is 1.29 bits per heavy atom. The van der Waals surface area contributed by atoms with Crippen LogP contribution in [0.5, 0.6) is 0 Å². The van der Waals surface area contributed by atoms with Gasteiger partial charge in [0, 0.05) is 18.7 Å². The maximum Gasteiger partial charge on any atom is 0.225 e. The summed E-state index contributed by atoms with van der Waals surface area (Å²) in [5.41, 5.74) is 2.46. The molecule has 0 atom stereocenters. The van der Waals surface area contributed by atoms with Gasteiger partial charge in [-0.15, -0.1) is 0 Å². The molecule has 3 heterocycles. The highest BCUT2D eigenvalue weighted by Crippen LogP contribution is 2.29. The Morgan fingerprint density at radius 3 is 2.82 bits per heavy atom. The molecule has 1 aliphatic rings. The number of furan rings is 1. The second-order valence-corrected chi connectivity index (χ2v) is 4.35. The number of anilines is 1. The van der Waals surface area contributed by atoms with E-state index >= 15 is 0 Å². The molecule has 0 saturated carbocycles. The summed E-state index contributed by atoms with van der Waals surface area (Å²) in [7, 11) is 0. The fourth-order valence-electron chi connectivity index (χ4n) is 1.98. The van der Waals surface area contributed by atoms with E-state index in [4.69, 9.17) is 20.8 Å². The highest BCUT2D eigenvalue weighted by atomic mass is 35.5. The molecular formula is C11H12ClN3O2. The molecule has 0 radical (unpaired) electrons. The summed E-state index contributed by atoms with van der Waals surface area (Å²) in [6, 6.07) is 0. The molecule has 0 N–H and O–H groups in total. The molecule has 1 fully saturated rings. The fraction of sp³-hybridized carbons (Fsp3) is 0.455. The summed E-state index contributed by atoms with van der Waals surface area (Å²) >= 11 is 5.95. The van der Waals surface area contributed by atoms with E-state index in [-0.39, 0.29) is 5.28 Å². The summed E-state index contributed by atoms with van der Waals surface area (Å²) in [6.45, 7) is 4.92. The molecule has 6 heteroatoms. The molecule has 2 aromatic heterocycles. The molecule has 0 bridgehead atoms. The summed E-state index contributed by atoms with van der Waals surface area (Å²) in [5, 5.41) is 0.253. The Balaban J connectivity index is 2.13. The molecule has 90 valence electrons. The van der Waals surface area contributed by atoms with Gasteiger partial charge in [0.05, 0.1) is 19.5 Å². The van der Waals surface area contributed by atoms with Gasteiger partial charge in [-0.25, -0.2) is 4.98 Å². The van der Waals surface area contributed by atoms with Crippen LogP contribution >= 0.6 is 11.6 Å². The Kier molecular flexibility index (Phi) is 2.64. The zero-order valence-electron chi connectivity index (χ0n) is 9.44. The van der Waals surface area contributed by atoms with Crippen LogP contribution in [0, 0.1) is 6.92 Å². The number of aromatic nitrogens is 2. The van der Waals surface area contributed by atoms with Crippen molar-refractivity contribution in [1.29, 1.82) is 0 Å². The van der Waals surface area contributed by atoms with Crippen LogP contribution in [0.1, 0.15) is 5.56 Å². The SMILES string of the molecule is Cc1coc2c(N3CCOCC3)nc(Cl)nc12. The van der Waals surface area contributed by atoms with Gasteiger partial charge < -0.3 is 14.1 Å². The van der Waals surface area contributed by atoms with Crippen LogP contribution in [0.3, 0.4) is 0 Å². The molecule has 2 aromatic rings. The van der Waals surface area contributed by atoms with Gasteiger partial charge in [-0.1, -0.05) is 0 Å². The molecule has 0 spiro atoms. The van der Waals surface area contributed by atoms with Gasteiger partial charge in [0.2, 0.25) is 5.28 Å². The quantitative estimate of drug-likeness (QED) is 0.728. The number of fused-ring (bicyclic) bond motifs is 1. The highest BCUT2D eigenvalue weighted by molar-refractivity contribution is 6.28. The monoisotopic (exact) mass is 253 g/mol. The maximum absolute atomic E-state index is 5.95. The second kappa shape index (κ2) is 4.16. The topological polar surface area (TPSA) is 51.4 Å². The summed E-state index contributed by atoms with van der Waals surface area (Å²) < 4.78 is 10.8. The first kappa shape index (κ1) is 10.8. The van der Waals surface area contributed by atoms with E-state index in [1.54, 1.807) is 6.26 Å². The van der Waals surface area contributed by atoms with Crippen LogP contribution < -0.4 is 4.90 Å². The standard InChI is InChI=1S/C11H12ClN3O2/c1-7-6-17-9-8(7)13-11(12)14-10(9)15-2-4-16-5-3-15/h6H,2-5H2,1H3. The largest absolute Gasteiger partial charge is 0.458 e. The van der Waals surface area contributed by atoms with Crippen molar-refractivity contribution < 1.29 is 9.15 Å². The minimum atomic E-state index is 0.253. The molecule has 17 heavy (non-hydrogen) atoms. The second-order valence-electron chi connectivity index (χ2n) is 4.01. The van der Waals surface area contributed by atoms with Crippen molar-refractivity contribution in [3.63, 3.8) is 0 Å². The maximum atomic E-state index is 5.95. The van der Waals surface area contributed by atoms with Crippen molar-refractivity contribution >= 4 is 28.5 Å². The number of halogens is 1. The average Bonchev–Trinajstić information content (AvgIpc) is 2.72. The molecule has 5 nitrogen and oxygen atoms in total. The van der Waals surface area contributed by atoms with Gasteiger partial charge in [-0.3, -0.25) is 0 Å². The van der Waals surface area contributed by atoms with Gasteiger partial charge in [-0.05, 0) is 18.5 Å². The first-order valence-electron chi connectivity index (χ1n) is 5.50. The molecule has 1 saturated heterocycles.